The van der Waals surface area contributed by atoms with E-state index in [1.807, 2.05) is 12.1 Å². The first-order valence-electron chi connectivity index (χ1n) is 10.3. The van der Waals surface area contributed by atoms with Crippen LogP contribution in [0.5, 0.6) is 0 Å². The number of halogens is 1. The van der Waals surface area contributed by atoms with Gasteiger partial charge in [0.15, 0.2) is 0 Å². The normalized spacial score (nSPS) is 27.5. The molecule has 1 saturated carbocycles. The molecule has 1 aromatic carbocycles. The van der Waals surface area contributed by atoms with E-state index >= 15 is 0 Å². The van der Waals surface area contributed by atoms with Gasteiger partial charge in [-0.1, -0.05) is 20.8 Å². The third-order valence-electron chi connectivity index (χ3n) is 5.90. The smallest absolute Gasteiger partial charge is 0.123 e. The Hall–Kier alpha value is -0.780. The van der Waals surface area contributed by atoms with E-state index in [9.17, 15) is 4.39 Å². The van der Waals surface area contributed by atoms with Crippen LogP contribution in [0.25, 0.3) is 0 Å². The molecule has 0 bridgehead atoms. The molecule has 2 aliphatic rings. The van der Waals surface area contributed by atoms with Crippen LogP contribution in [0.3, 0.4) is 0 Å². The second kappa shape index (κ2) is 9.15. The number of anilines is 1. The summed E-state index contributed by atoms with van der Waals surface area (Å²) in [5.74, 6) is 0.572. The van der Waals surface area contributed by atoms with Crippen molar-refractivity contribution in [2.24, 2.45) is 11.3 Å². The number of piperazine rings is 1. The number of hydrogen-bond donors (Lipinski definition) is 1. The fourth-order valence-electron chi connectivity index (χ4n) is 4.82. The molecule has 27 heavy (non-hydrogen) atoms. The van der Waals surface area contributed by atoms with Gasteiger partial charge in [-0.15, -0.1) is 0 Å². The van der Waals surface area contributed by atoms with Crippen molar-refractivity contribution in [2.75, 3.05) is 44.2 Å². The Labute approximate surface area is 169 Å². The predicted octanol–water partition coefficient (Wildman–Crippen LogP) is 4.48. The molecule has 0 N–H and O–H groups in total. The van der Waals surface area contributed by atoms with Crippen molar-refractivity contribution in [1.82, 2.24) is 4.90 Å². The van der Waals surface area contributed by atoms with Crippen molar-refractivity contribution in [1.29, 1.82) is 0 Å². The molecule has 3 nitrogen and oxygen atoms in total. The van der Waals surface area contributed by atoms with Crippen molar-refractivity contribution in [2.45, 2.75) is 51.4 Å². The minimum atomic E-state index is -0.175. The predicted molar refractivity (Wildman–Crippen MR) is 114 cm³/mol. The van der Waals surface area contributed by atoms with E-state index < -0.39 is 0 Å². The first kappa shape index (κ1) is 20.9. The van der Waals surface area contributed by atoms with Crippen molar-refractivity contribution < 1.29 is 9.13 Å². The summed E-state index contributed by atoms with van der Waals surface area (Å²) >= 11 is 4.79. The maximum Gasteiger partial charge on any atom is 0.123 e. The number of rotatable bonds is 6. The Bertz CT molecular complexity index is 586. The molecule has 2 fully saturated rings. The highest BCUT2D eigenvalue weighted by Gasteiger charge is 2.32. The van der Waals surface area contributed by atoms with Gasteiger partial charge in [-0.2, -0.15) is 12.6 Å². The molecular formula is C22H35FN2OS. The second-order valence-electron chi connectivity index (χ2n) is 9.29. The van der Waals surface area contributed by atoms with Crippen LogP contribution < -0.4 is 4.90 Å². The van der Waals surface area contributed by atoms with Gasteiger partial charge < -0.3 is 9.64 Å². The van der Waals surface area contributed by atoms with Gasteiger partial charge in [-0.3, -0.25) is 4.90 Å². The number of hydrogen-bond acceptors (Lipinski definition) is 4. The lowest BCUT2D eigenvalue weighted by Gasteiger charge is -2.39. The van der Waals surface area contributed by atoms with E-state index in [1.54, 1.807) is 0 Å². The summed E-state index contributed by atoms with van der Waals surface area (Å²) in [4.78, 5) is 4.79. The first-order valence-corrected chi connectivity index (χ1v) is 10.8. The van der Waals surface area contributed by atoms with Crippen molar-refractivity contribution >= 4 is 18.3 Å². The average molecular weight is 395 g/mol. The molecule has 1 aliphatic heterocycles. The summed E-state index contributed by atoms with van der Waals surface area (Å²) in [5, 5.41) is 0.253. The molecule has 0 radical (unpaired) electrons. The molecule has 3 atom stereocenters. The molecule has 0 spiro atoms. The van der Waals surface area contributed by atoms with Crippen LogP contribution >= 0.6 is 12.6 Å². The fraction of sp³-hybridized carbons (Fsp3) is 0.727. The quantitative estimate of drug-likeness (QED) is 0.717. The summed E-state index contributed by atoms with van der Waals surface area (Å²) in [6, 6.07) is 6.81. The van der Waals surface area contributed by atoms with Crippen molar-refractivity contribution in [3.8, 4) is 0 Å². The zero-order valence-corrected chi connectivity index (χ0v) is 17.9. The van der Waals surface area contributed by atoms with Gasteiger partial charge in [0, 0.05) is 43.7 Å². The Kier molecular flexibility index (Phi) is 7.09. The monoisotopic (exact) mass is 394 g/mol. The van der Waals surface area contributed by atoms with Gasteiger partial charge in [0.1, 0.15) is 5.82 Å². The number of thiol groups is 1. The van der Waals surface area contributed by atoms with E-state index in [0.29, 0.717) is 11.5 Å². The van der Waals surface area contributed by atoms with Crippen LogP contribution in [0.1, 0.15) is 40.0 Å². The molecule has 1 aliphatic carbocycles. The SMILES string of the molecule is C[C@H]1C[C@@H](OC[C@@H](S)CN2CCN(c3ccc(F)cc3)CC2)CC(C)(C)C1. The number of nitrogens with zero attached hydrogens (tertiary/aromatic N) is 2. The van der Waals surface area contributed by atoms with Crippen LogP contribution in [0.4, 0.5) is 10.1 Å². The van der Waals surface area contributed by atoms with Crippen molar-refractivity contribution in [3.05, 3.63) is 30.1 Å². The summed E-state index contributed by atoms with van der Waals surface area (Å²) in [6.07, 6.45) is 4.03. The van der Waals surface area contributed by atoms with Crippen LogP contribution in [-0.2, 0) is 4.74 Å². The highest BCUT2D eigenvalue weighted by atomic mass is 32.1. The third kappa shape index (κ3) is 6.37. The fourth-order valence-corrected chi connectivity index (χ4v) is 5.14. The molecule has 1 heterocycles. The molecule has 5 heteroatoms. The molecule has 0 amide bonds. The third-order valence-corrected chi connectivity index (χ3v) is 6.22. The lowest BCUT2D eigenvalue weighted by molar-refractivity contribution is -0.0237. The largest absolute Gasteiger partial charge is 0.377 e. The molecule has 152 valence electrons. The minimum absolute atomic E-state index is 0.175. The van der Waals surface area contributed by atoms with Crippen LogP contribution in [0.2, 0.25) is 0 Å². The zero-order chi connectivity index (χ0) is 19.4. The maximum atomic E-state index is 13.1. The lowest BCUT2D eigenvalue weighted by Crippen LogP contribution is -2.48. The van der Waals surface area contributed by atoms with Gasteiger partial charge >= 0.3 is 0 Å². The van der Waals surface area contributed by atoms with E-state index in [2.05, 4.69) is 30.6 Å². The standard InChI is InChI=1S/C22H35FN2OS/c1-17-12-20(14-22(2,3)13-17)26-16-21(27)15-24-8-10-25(11-9-24)19-6-4-18(23)5-7-19/h4-7,17,20-21,27H,8-16H2,1-3H3/t17-,20+,21-/m0/s1. The van der Waals surface area contributed by atoms with E-state index in [-0.39, 0.29) is 11.1 Å². The summed E-state index contributed by atoms with van der Waals surface area (Å²) in [5.41, 5.74) is 1.50. The summed E-state index contributed by atoms with van der Waals surface area (Å²) in [6.45, 7) is 12.7. The van der Waals surface area contributed by atoms with Crippen LogP contribution in [0, 0.1) is 17.2 Å². The van der Waals surface area contributed by atoms with Crippen LogP contribution in [0.15, 0.2) is 24.3 Å². The summed E-state index contributed by atoms with van der Waals surface area (Å²) < 4.78 is 19.3. The van der Waals surface area contributed by atoms with Gasteiger partial charge in [-0.25, -0.2) is 4.39 Å². The second-order valence-corrected chi connectivity index (χ2v) is 10.0. The van der Waals surface area contributed by atoms with Gasteiger partial charge in [-0.05, 0) is 54.9 Å². The first-order chi connectivity index (χ1) is 12.8. The Morgan fingerprint density at radius 1 is 1.15 bits per heavy atom. The number of ether oxygens (including phenoxy) is 1. The Morgan fingerprint density at radius 2 is 1.81 bits per heavy atom. The van der Waals surface area contributed by atoms with Gasteiger partial charge in [0.2, 0.25) is 0 Å². The lowest BCUT2D eigenvalue weighted by atomic mass is 9.71. The molecule has 1 aromatic rings. The van der Waals surface area contributed by atoms with Gasteiger partial charge in [0.25, 0.3) is 0 Å². The molecular weight excluding hydrogens is 359 g/mol. The highest BCUT2D eigenvalue weighted by Crippen LogP contribution is 2.39. The molecule has 1 saturated heterocycles. The maximum absolute atomic E-state index is 13.1. The highest BCUT2D eigenvalue weighted by molar-refractivity contribution is 7.81. The van der Waals surface area contributed by atoms with E-state index in [0.717, 1.165) is 57.4 Å². The zero-order valence-electron chi connectivity index (χ0n) is 17.0. The molecule has 0 aromatic heterocycles. The van der Waals surface area contributed by atoms with Crippen molar-refractivity contribution in [3.63, 3.8) is 0 Å². The average Bonchev–Trinajstić information content (AvgIpc) is 2.60. The van der Waals surface area contributed by atoms with E-state index in [4.69, 9.17) is 17.4 Å². The number of benzene rings is 1. The minimum Gasteiger partial charge on any atom is -0.377 e. The van der Waals surface area contributed by atoms with Gasteiger partial charge in [0.05, 0.1) is 12.7 Å². The Balaban J connectivity index is 1.38. The molecule has 0 unspecified atom stereocenters. The molecule has 3 rings (SSSR count). The van der Waals surface area contributed by atoms with E-state index in [1.165, 1.54) is 25.0 Å². The summed E-state index contributed by atoms with van der Waals surface area (Å²) in [7, 11) is 0. The topological polar surface area (TPSA) is 15.7 Å². The Morgan fingerprint density at radius 3 is 2.44 bits per heavy atom. The van der Waals surface area contributed by atoms with Crippen LogP contribution in [-0.4, -0.2) is 55.6 Å².